The SMILES string of the molecule is CN(C)C[C@H]1Cc2cc(Cl)ccc2N(C(=O)[C@@H](Cc2c[nH]c3ccccc23)NC(=O)N2CCC(C(=O)c3cc4ccccc4n3C)CC2)C1. The van der Waals surface area contributed by atoms with Gasteiger partial charge in [-0.15, -0.1) is 0 Å². The molecule has 2 N–H and O–H groups in total. The van der Waals surface area contributed by atoms with E-state index in [1.165, 1.54) is 0 Å². The monoisotopic (exact) mass is 678 g/mol. The predicted octanol–water partition coefficient (Wildman–Crippen LogP) is 6.30. The number of likely N-dealkylation sites (tertiary alicyclic amines) is 1. The standard InChI is InChI=1S/C39H43ClN6O3/c1-43(2)23-25-18-28-19-30(40)12-13-35(28)46(24-25)38(48)33(20-29-22-41-32-10-6-5-9-31(29)32)42-39(49)45-16-14-26(15-17-45)37(47)36-21-27-8-4-7-11-34(27)44(36)3/h4-13,19,21-22,25-26,33,41H,14-18,20,23-24H2,1-3H3,(H,42,49)/t25-,33-/m1/s1. The highest BCUT2D eigenvalue weighted by Crippen LogP contribution is 2.33. The largest absolute Gasteiger partial charge is 0.361 e. The van der Waals surface area contributed by atoms with Crippen LogP contribution in [-0.4, -0.2) is 83.4 Å². The highest BCUT2D eigenvalue weighted by molar-refractivity contribution is 6.30. The zero-order valence-corrected chi connectivity index (χ0v) is 29.0. The van der Waals surface area contributed by atoms with Crippen LogP contribution in [-0.2, 0) is 24.7 Å². The topological polar surface area (TPSA) is 93.7 Å². The van der Waals surface area contributed by atoms with Crippen molar-refractivity contribution >= 4 is 56.8 Å². The summed E-state index contributed by atoms with van der Waals surface area (Å²) >= 11 is 6.41. The number of hydrogen-bond acceptors (Lipinski definition) is 4. The summed E-state index contributed by atoms with van der Waals surface area (Å²) in [4.78, 5) is 51.2. The van der Waals surface area contributed by atoms with Crippen LogP contribution in [0.5, 0.6) is 0 Å². The van der Waals surface area contributed by atoms with Gasteiger partial charge in [0.2, 0.25) is 5.91 Å². The van der Waals surface area contributed by atoms with Crippen LogP contribution in [0.4, 0.5) is 10.5 Å². The molecule has 3 amide bonds. The Labute approximate surface area is 291 Å². The maximum Gasteiger partial charge on any atom is 0.318 e. The lowest BCUT2D eigenvalue weighted by molar-refractivity contribution is -0.120. The molecule has 0 saturated carbocycles. The number of rotatable bonds is 8. The van der Waals surface area contributed by atoms with Crippen LogP contribution in [0.2, 0.25) is 5.02 Å². The summed E-state index contributed by atoms with van der Waals surface area (Å²) < 4.78 is 1.97. The minimum absolute atomic E-state index is 0.113. The zero-order valence-electron chi connectivity index (χ0n) is 28.3. The van der Waals surface area contributed by atoms with Gasteiger partial charge in [-0.3, -0.25) is 9.59 Å². The number of piperidine rings is 1. The first-order valence-corrected chi connectivity index (χ1v) is 17.5. The third-order valence-corrected chi connectivity index (χ3v) is 10.5. The lowest BCUT2D eigenvalue weighted by Gasteiger charge is -2.38. The second-order valence-electron chi connectivity index (χ2n) is 13.9. The number of amides is 3. The van der Waals surface area contributed by atoms with Gasteiger partial charge in [-0.2, -0.15) is 0 Å². The van der Waals surface area contributed by atoms with Gasteiger partial charge < -0.3 is 29.6 Å². The molecule has 2 atom stereocenters. The molecule has 49 heavy (non-hydrogen) atoms. The summed E-state index contributed by atoms with van der Waals surface area (Å²) in [6, 6.07) is 22.6. The van der Waals surface area contributed by atoms with Crippen LogP contribution >= 0.6 is 11.6 Å². The number of H-pyrrole nitrogens is 1. The molecule has 1 fully saturated rings. The average molecular weight is 679 g/mol. The molecule has 5 aromatic rings. The fraction of sp³-hybridized carbons (Fsp3) is 0.359. The summed E-state index contributed by atoms with van der Waals surface area (Å²) in [5, 5.41) is 5.86. The van der Waals surface area contributed by atoms with Gasteiger partial charge in [0.25, 0.3) is 0 Å². The number of urea groups is 1. The van der Waals surface area contributed by atoms with Crippen molar-refractivity contribution in [3.8, 4) is 0 Å². The van der Waals surface area contributed by atoms with Gasteiger partial charge in [-0.1, -0.05) is 48.0 Å². The molecule has 10 heteroatoms. The number of fused-ring (bicyclic) bond motifs is 3. The minimum Gasteiger partial charge on any atom is -0.361 e. The Bertz CT molecular complexity index is 2020. The molecule has 2 aromatic heterocycles. The lowest BCUT2D eigenvalue weighted by atomic mass is 9.90. The fourth-order valence-corrected chi connectivity index (χ4v) is 7.98. The van der Waals surface area contributed by atoms with Crippen LogP contribution in [0.1, 0.15) is 34.5 Å². The van der Waals surface area contributed by atoms with Crippen molar-refractivity contribution in [2.75, 3.05) is 45.2 Å². The lowest BCUT2D eigenvalue weighted by Crippen LogP contribution is -2.56. The quantitative estimate of drug-likeness (QED) is 0.189. The third kappa shape index (κ3) is 6.70. The molecule has 0 unspecified atom stereocenters. The second kappa shape index (κ2) is 13.7. The molecule has 7 rings (SSSR count). The molecule has 2 aliphatic heterocycles. The number of hydrogen-bond donors (Lipinski definition) is 2. The van der Waals surface area contributed by atoms with Crippen molar-refractivity contribution in [1.82, 2.24) is 24.7 Å². The zero-order chi connectivity index (χ0) is 34.2. The van der Waals surface area contributed by atoms with E-state index in [2.05, 4.69) is 15.2 Å². The number of carbonyl (C=O) groups is 3. The third-order valence-electron chi connectivity index (χ3n) is 10.2. The van der Waals surface area contributed by atoms with E-state index in [0.29, 0.717) is 49.6 Å². The Hall–Kier alpha value is -4.60. The molecule has 1 saturated heterocycles. The number of anilines is 1. The Balaban J connectivity index is 1.11. The first-order chi connectivity index (χ1) is 23.7. The van der Waals surface area contributed by atoms with Crippen molar-refractivity contribution in [3.63, 3.8) is 0 Å². The number of para-hydroxylation sites is 2. The van der Waals surface area contributed by atoms with E-state index in [1.54, 1.807) is 4.90 Å². The first kappa shape index (κ1) is 32.9. The molecule has 3 aromatic carbocycles. The Morgan fingerprint density at radius 3 is 2.53 bits per heavy atom. The van der Waals surface area contributed by atoms with Gasteiger partial charge in [-0.05, 0) is 86.8 Å². The van der Waals surface area contributed by atoms with Gasteiger partial charge in [-0.25, -0.2) is 4.79 Å². The van der Waals surface area contributed by atoms with Gasteiger partial charge in [0.15, 0.2) is 5.78 Å². The molecule has 254 valence electrons. The van der Waals surface area contributed by atoms with E-state index < -0.39 is 6.04 Å². The van der Waals surface area contributed by atoms with Gasteiger partial charge in [0, 0.05) is 84.3 Å². The maximum atomic E-state index is 14.7. The number of aryl methyl sites for hydroxylation is 1. The summed E-state index contributed by atoms with van der Waals surface area (Å²) in [5.74, 6) is 0.0162. The van der Waals surface area contributed by atoms with Gasteiger partial charge in [0.1, 0.15) is 6.04 Å². The molecule has 4 heterocycles. The highest BCUT2D eigenvalue weighted by Gasteiger charge is 2.36. The first-order valence-electron chi connectivity index (χ1n) is 17.1. The number of benzene rings is 3. The smallest absolute Gasteiger partial charge is 0.318 e. The molecule has 0 aliphatic carbocycles. The Kier molecular flexibility index (Phi) is 9.22. The van der Waals surface area contributed by atoms with E-state index in [9.17, 15) is 14.4 Å². The van der Waals surface area contributed by atoms with Crippen molar-refractivity contribution in [1.29, 1.82) is 0 Å². The van der Waals surface area contributed by atoms with Crippen molar-refractivity contribution in [2.45, 2.75) is 31.7 Å². The molecular weight excluding hydrogens is 636 g/mol. The summed E-state index contributed by atoms with van der Waals surface area (Å²) in [6.07, 6.45) is 4.23. The van der Waals surface area contributed by atoms with Crippen LogP contribution < -0.4 is 10.2 Å². The minimum atomic E-state index is -0.802. The van der Waals surface area contributed by atoms with E-state index in [1.807, 2.05) is 110 Å². The number of nitrogens with zero attached hydrogens (tertiary/aromatic N) is 4. The summed E-state index contributed by atoms with van der Waals surface area (Å²) in [7, 11) is 6.01. The fourth-order valence-electron chi connectivity index (χ4n) is 7.79. The average Bonchev–Trinajstić information content (AvgIpc) is 3.67. The maximum absolute atomic E-state index is 14.7. The Morgan fingerprint density at radius 2 is 1.76 bits per heavy atom. The highest BCUT2D eigenvalue weighted by atomic mass is 35.5. The molecule has 0 bridgehead atoms. The van der Waals surface area contributed by atoms with Crippen LogP contribution in [0, 0.1) is 11.8 Å². The van der Waals surface area contributed by atoms with Crippen molar-refractivity contribution in [2.24, 2.45) is 18.9 Å². The van der Waals surface area contributed by atoms with Crippen LogP contribution in [0.3, 0.4) is 0 Å². The van der Waals surface area contributed by atoms with E-state index >= 15 is 0 Å². The Morgan fingerprint density at radius 1 is 1.00 bits per heavy atom. The van der Waals surface area contributed by atoms with Crippen LogP contribution in [0.25, 0.3) is 21.8 Å². The van der Waals surface area contributed by atoms with E-state index in [4.69, 9.17) is 11.6 Å². The predicted molar refractivity (Wildman–Crippen MR) is 195 cm³/mol. The normalized spacial score (nSPS) is 17.4. The number of carbonyl (C=O) groups excluding carboxylic acids is 3. The number of nitrogens with one attached hydrogen (secondary N) is 2. The number of aromatic amines is 1. The molecular formula is C39H43ClN6O3. The molecule has 9 nitrogen and oxygen atoms in total. The van der Waals surface area contributed by atoms with Crippen molar-refractivity contribution < 1.29 is 14.4 Å². The molecule has 0 radical (unpaired) electrons. The van der Waals surface area contributed by atoms with Gasteiger partial charge >= 0.3 is 6.03 Å². The summed E-state index contributed by atoms with van der Waals surface area (Å²) in [6.45, 7) is 2.25. The second-order valence-corrected chi connectivity index (χ2v) is 14.3. The molecule has 0 spiro atoms. The number of ketones is 1. The van der Waals surface area contributed by atoms with Crippen molar-refractivity contribution in [3.05, 3.63) is 101 Å². The number of aromatic nitrogens is 2. The summed E-state index contributed by atoms with van der Waals surface area (Å²) in [5.41, 5.74) is 5.55. The number of Topliss-reactive ketones (excluding diaryl/α,β-unsaturated/α-hetero) is 1. The van der Waals surface area contributed by atoms with E-state index in [-0.39, 0.29) is 29.6 Å². The number of halogens is 1. The van der Waals surface area contributed by atoms with Crippen LogP contribution in [0.15, 0.2) is 79.0 Å². The van der Waals surface area contributed by atoms with Gasteiger partial charge in [0.05, 0.1) is 5.69 Å². The van der Waals surface area contributed by atoms with E-state index in [0.717, 1.165) is 51.6 Å². The molecule has 2 aliphatic rings.